The normalized spacial score (nSPS) is 16.4. The first-order valence-electron chi connectivity index (χ1n) is 10.1. The average molecular weight is 405 g/mol. The number of piperidine rings is 1. The predicted octanol–water partition coefficient (Wildman–Crippen LogP) is 4.05. The Labute approximate surface area is 175 Å². The summed E-state index contributed by atoms with van der Waals surface area (Å²) in [5.74, 6) is 0.916. The molecular formula is C23H24FN5O. The summed E-state index contributed by atoms with van der Waals surface area (Å²) in [6.45, 7) is 2.89. The van der Waals surface area contributed by atoms with Gasteiger partial charge in [-0.05, 0) is 49.6 Å². The van der Waals surface area contributed by atoms with Gasteiger partial charge in [-0.2, -0.15) is 0 Å². The Balaban J connectivity index is 1.60. The molecule has 1 atom stereocenters. The summed E-state index contributed by atoms with van der Waals surface area (Å²) in [5.41, 5.74) is 2.65. The van der Waals surface area contributed by atoms with Crippen molar-refractivity contribution in [3.63, 3.8) is 0 Å². The van der Waals surface area contributed by atoms with Crippen molar-refractivity contribution >= 4 is 11.7 Å². The summed E-state index contributed by atoms with van der Waals surface area (Å²) in [6, 6.07) is 10.4. The lowest BCUT2D eigenvalue weighted by Crippen LogP contribution is -2.39. The first kappa shape index (κ1) is 19.9. The minimum Gasteiger partial charge on any atom is -0.373 e. The van der Waals surface area contributed by atoms with Gasteiger partial charge in [0.25, 0.3) is 5.91 Å². The second-order valence-corrected chi connectivity index (χ2v) is 7.55. The number of hydrogen-bond donors (Lipinski definition) is 1. The van der Waals surface area contributed by atoms with E-state index in [9.17, 15) is 9.18 Å². The van der Waals surface area contributed by atoms with Gasteiger partial charge in [-0.1, -0.05) is 6.07 Å². The average Bonchev–Trinajstić information content (AvgIpc) is 2.80. The van der Waals surface area contributed by atoms with E-state index < -0.39 is 0 Å². The molecule has 154 valence electrons. The highest BCUT2D eigenvalue weighted by molar-refractivity contribution is 5.94. The first-order valence-corrected chi connectivity index (χ1v) is 10.1. The van der Waals surface area contributed by atoms with Gasteiger partial charge in [0.1, 0.15) is 11.6 Å². The predicted molar refractivity (Wildman–Crippen MR) is 114 cm³/mol. The lowest BCUT2D eigenvalue weighted by atomic mass is 9.93. The maximum atomic E-state index is 13.9. The second-order valence-electron chi connectivity index (χ2n) is 7.55. The SMILES string of the molecule is CNc1cc([C@H]2CCCN(C(=O)c3ccc(C)c(F)c3)C2)nc(-c2cccnc2)n1. The van der Waals surface area contributed by atoms with E-state index in [0.29, 0.717) is 30.0 Å². The number of nitrogens with zero attached hydrogens (tertiary/aromatic N) is 4. The van der Waals surface area contributed by atoms with E-state index in [1.54, 1.807) is 36.4 Å². The number of hydrogen-bond acceptors (Lipinski definition) is 5. The van der Waals surface area contributed by atoms with E-state index in [4.69, 9.17) is 4.98 Å². The Morgan fingerprint density at radius 2 is 2.10 bits per heavy atom. The molecule has 1 aliphatic rings. The molecular weight excluding hydrogens is 381 g/mol. The van der Waals surface area contributed by atoms with Crippen molar-refractivity contribution in [2.24, 2.45) is 0 Å². The van der Waals surface area contributed by atoms with E-state index >= 15 is 0 Å². The van der Waals surface area contributed by atoms with Crippen LogP contribution in [0.2, 0.25) is 0 Å². The fraction of sp³-hybridized carbons (Fsp3) is 0.304. The molecule has 0 aliphatic carbocycles. The van der Waals surface area contributed by atoms with Crippen molar-refractivity contribution in [2.45, 2.75) is 25.7 Å². The third-order valence-electron chi connectivity index (χ3n) is 5.47. The van der Waals surface area contributed by atoms with E-state index in [1.807, 2.05) is 25.2 Å². The molecule has 0 spiro atoms. The zero-order chi connectivity index (χ0) is 21.1. The lowest BCUT2D eigenvalue weighted by molar-refractivity contribution is 0.0705. The second kappa shape index (κ2) is 8.57. The largest absolute Gasteiger partial charge is 0.373 e. The van der Waals surface area contributed by atoms with Crippen LogP contribution >= 0.6 is 0 Å². The van der Waals surface area contributed by atoms with E-state index in [-0.39, 0.29) is 17.6 Å². The molecule has 0 bridgehead atoms. The number of pyridine rings is 1. The summed E-state index contributed by atoms with van der Waals surface area (Å²) in [6.07, 6.45) is 5.25. The van der Waals surface area contributed by atoms with Gasteiger partial charge in [0.05, 0.1) is 5.69 Å². The van der Waals surface area contributed by atoms with Crippen molar-refractivity contribution < 1.29 is 9.18 Å². The third-order valence-corrected chi connectivity index (χ3v) is 5.47. The monoisotopic (exact) mass is 405 g/mol. The lowest BCUT2D eigenvalue weighted by Gasteiger charge is -2.33. The first-order chi connectivity index (χ1) is 14.5. The Bertz CT molecular complexity index is 1060. The maximum absolute atomic E-state index is 13.9. The van der Waals surface area contributed by atoms with Crippen molar-refractivity contribution in [1.29, 1.82) is 0 Å². The van der Waals surface area contributed by atoms with Crippen molar-refractivity contribution in [3.05, 3.63) is 71.4 Å². The molecule has 1 fully saturated rings. The summed E-state index contributed by atoms with van der Waals surface area (Å²) in [4.78, 5) is 28.2. The number of anilines is 1. The van der Waals surface area contributed by atoms with Crippen molar-refractivity contribution in [3.8, 4) is 11.4 Å². The molecule has 4 rings (SSSR count). The smallest absolute Gasteiger partial charge is 0.253 e. The Morgan fingerprint density at radius 3 is 2.83 bits per heavy atom. The molecule has 7 heteroatoms. The zero-order valence-electron chi connectivity index (χ0n) is 17.1. The number of amides is 1. The summed E-state index contributed by atoms with van der Waals surface area (Å²) >= 11 is 0. The number of halogens is 1. The van der Waals surface area contributed by atoms with Gasteiger partial charge in [0.15, 0.2) is 5.82 Å². The van der Waals surface area contributed by atoms with Gasteiger partial charge in [-0.3, -0.25) is 9.78 Å². The number of nitrogens with one attached hydrogen (secondary N) is 1. The Morgan fingerprint density at radius 1 is 1.23 bits per heavy atom. The molecule has 1 aromatic carbocycles. The molecule has 6 nitrogen and oxygen atoms in total. The van der Waals surface area contributed by atoms with Gasteiger partial charge in [0, 0.05) is 55.6 Å². The van der Waals surface area contributed by atoms with Gasteiger partial charge in [0.2, 0.25) is 0 Å². The van der Waals surface area contributed by atoms with E-state index in [0.717, 1.165) is 29.9 Å². The van der Waals surface area contributed by atoms with Crippen LogP contribution in [0.3, 0.4) is 0 Å². The topological polar surface area (TPSA) is 71.0 Å². The molecule has 30 heavy (non-hydrogen) atoms. The van der Waals surface area contributed by atoms with Crippen LogP contribution in [0.15, 0.2) is 48.8 Å². The van der Waals surface area contributed by atoms with Crippen LogP contribution in [0.25, 0.3) is 11.4 Å². The standard InChI is InChI=1S/C23H24FN5O/c1-15-7-8-16(11-19(15)24)23(30)29-10-4-6-18(14-29)20-12-21(25-2)28-22(27-20)17-5-3-9-26-13-17/h3,5,7-9,11-13,18H,4,6,10,14H2,1-2H3,(H,25,27,28)/t18-/m0/s1. The third kappa shape index (κ3) is 4.15. The number of aromatic nitrogens is 3. The van der Waals surface area contributed by atoms with Crippen LogP contribution in [-0.2, 0) is 0 Å². The molecule has 3 aromatic rings. The van der Waals surface area contributed by atoms with Crippen LogP contribution in [-0.4, -0.2) is 45.9 Å². The molecule has 1 N–H and O–H groups in total. The summed E-state index contributed by atoms with van der Waals surface area (Å²) < 4.78 is 13.9. The minimum atomic E-state index is -0.356. The number of carbonyl (C=O) groups is 1. The molecule has 0 saturated carbocycles. The van der Waals surface area contributed by atoms with Crippen LogP contribution in [0.5, 0.6) is 0 Å². The van der Waals surface area contributed by atoms with Gasteiger partial charge < -0.3 is 10.2 Å². The number of benzene rings is 1. The quantitative estimate of drug-likeness (QED) is 0.709. The highest BCUT2D eigenvalue weighted by Crippen LogP contribution is 2.29. The van der Waals surface area contributed by atoms with E-state index in [1.165, 1.54) is 6.07 Å². The highest BCUT2D eigenvalue weighted by atomic mass is 19.1. The van der Waals surface area contributed by atoms with Gasteiger partial charge >= 0.3 is 0 Å². The zero-order valence-corrected chi connectivity index (χ0v) is 17.1. The van der Waals surface area contributed by atoms with Gasteiger partial charge in [-0.15, -0.1) is 0 Å². The Hall–Kier alpha value is -3.35. The van der Waals surface area contributed by atoms with Gasteiger partial charge in [-0.25, -0.2) is 14.4 Å². The number of carbonyl (C=O) groups excluding carboxylic acids is 1. The summed E-state index contributed by atoms with van der Waals surface area (Å²) in [5, 5.41) is 3.09. The fourth-order valence-corrected chi connectivity index (χ4v) is 3.74. The molecule has 2 aromatic heterocycles. The number of aryl methyl sites for hydroxylation is 1. The van der Waals surface area contributed by atoms with Crippen LogP contribution in [0.1, 0.15) is 40.4 Å². The number of likely N-dealkylation sites (tertiary alicyclic amines) is 1. The molecule has 1 amide bonds. The number of rotatable bonds is 4. The molecule has 1 saturated heterocycles. The minimum absolute atomic E-state index is 0.0866. The van der Waals surface area contributed by atoms with E-state index in [2.05, 4.69) is 15.3 Å². The van der Waals surface area contributed by atoms with Crippen LogP contribution in [0, 0.1) is 12.7 Å². The van der Waals surface area contributed by atoms with Crippen molar-refractivity contribution in [2.75, 3.05) is 25.5 Å². The fourth-order valence-electron chi connectivity index (χ4n) is 3.74. The summed E-state index contributed by atoms with van der Waals surface area (Å²) in [7, 11) is 1.82. The molecule has 1 aliphatic heterocycles. The highest BCUT2D eigenvalue weighted by Gasteiger charge is 2.27. The molecule has 0 radical (unpaired) electrons. The van der Waals surface area contributed by atoms with Crippen LogP contribution < -0.4 is 5.32 Å². The molecule has 3 heterocycles. The van der Waals surface area contributed by atoms with Crippen LogP contribution in [0.4, 0.5) is 10.2 Å². The van der Waals surface area contributed by atoms with Crippen molar-refractivity contribution in [1.82, 2.24) is 19.9 Å². The molecule has 0 unspecified atom stereocenters. The Kier molecular flexibility index (Phi) is 5.70. The maximum Gasteiger partial charge on any atom is 0.253 e.